The zero-order valence-corrected chi connectivity index (χ0v) is 7.61. The lowest BCUT2D eigenvalue weighted by molar-refractivity contribution is -0.118. The van der Waals surface area contributed by atoms with E-state index in [2.05, 4.69) is 10.3 Å². The minimum Gasteiger partial charge on any atom is -0.506 e. The molecule has 1 aromatic heterocycles. The number of rotatable bonds is 2. The number of pyridine rings is 1. The van der Waals surface area contributed by atoms with Gasteiger partial charge < -0.3 is 10.4 Å². The molecule has 1 amide bonds. The SMILES string of the molecule is CC(C)C(=O)Nc1ccc(O)cn1. The van der Waals surface area contributed by atoms with Gasteiger partial charge in [0.1, 0.15) is 11.6 Å². The topological polar surface area (TPSA) is 62.2 Å². The van der Waals surface area contributed by atoms with Crippen LogP contribution in [-0.2, 0) is 4.79 Å². The van der Waals surface area contributed by atoms with Gasteiger partial charge in [-0.15, -0.1) is 0 Å². The van der Waals surface area contributed by atoms with Gasteiger partial charge in [-0.05, 0) is 12.1 Å². The normalized spacial score (nSPS) is 10.1. The van der Waals surface area contributed by atoms with Crippen LogP contribution in [0.5, 0.6) is 5.75 Å². The molecule has 0 saturated heterocycles. The van der Waals surface area contributed by atoms with Crippen molar-refractivity contribution in [2.75, 3.05) is 5.32 Å². The van der Waals surface area contributed by atoms with Crippen LogP contribution in [0.15, 0.2) is 18.3 Å². The zero-order chi connectivity index (χ0) is 9.84. The van der Waals surface area contributed by atoms with E-state index in [9.17, 15) is 4.79 Å². The third kappa shape index (κ3) is 2.74. The molecule has 0 radical (unpaired) electrons. The highest BCUT2D eigenvalue weighted by Crippen LogP contribution is 2.10. The van der Waals surface area contributed by atoms with Gasteiger partial charge in [-0.25, -0.2) is 4.98 Å². The Morgan fingerprint density at radius 3 is 2.69 bits per heavy atom. The van der Waals surface area contributed by atoms with Crippen molar-refractivity contribution in [2.24, 2.45) is 5.92 Å². The van der Waals surface area contributed by atoms with E-state index in [1.165, 1.54) is 12.3 Å². The third-order valence-electron chi connectivity index (χ3n) is 1.52. The van der Waals surface area contributed by atoms with Gasteiger partial charge in [-0.1, -0.05) is 13.8 Å². The fourth-order valence-corrected chi connectivity index (χ4v) is 0.731. The highest BCUT2D eigenvalue weighted by Gasteiger charge is 2.06. The van der Waals surface area contributed by atoms with Gasteiger partial charge in [0.15, 0.2) is 0 Å². The number of nitrogens with zero attached hydrogens (tertiary/aromatic N) is 1. The quantitative estimate of drug-likeness (QED) is 0.722. The van der Waals surface area contributed by atoms with Crippen LogP contribution in [0.4, 0.5) is 5.82 Å². The second kappa shape index (κ2) is 3.89. The van der Waals surface area contributed by atoms with E-state index in [4.69, 9.17) is 5.11 Å². The number of amides is 1. The molecule has 0 aliphatic heterocycles. The molecule has 2 N–H and O–H groups in total. The zero-order valence-electron chi connectivity index (χ0n) is 7.61. The molecule has 0 saturated carbocycles. The van der Waals surface area contributed by atoms with Gasteiger partial charge in [-0.3, -0.25) is 4.79 Å². The van der Waals surface area contributed by atoms with Crippen LogP contribution in [-0.4, -0.2) is 16.0 Å². The molecule has 1 aromatic rings. The molecule has 4 nitrogen and oxygen atoms in total. The van der Waals surface area contributed by atoms with Crippen molar-refractivity contribution in [1.82, 2.24) is 4.98 Å². The molecular formula is C9H12N2O2. The second-order valence-electron chi connectivity index (χ2n) is 3.05. The molecule has 70 valence electrons. The van der Waals surface area contributed by atoms with E-state index in [1.54, 1.807) is 19.9 Å². The van der Waals surface area contributed by atoms with Gasteiger partial charge in [0.2, 0.25) is 5.91 Å². The van der Waals surface area contributed by atoms with Gasteiger partial charge in [0, 0.05) is 5.92 Å². The Morgan fingerprint density at radius 2 is 2.23 bits per heavy atom. The van der Waals surface area contributed by atoms with Crippen molar-refractivity contribution < 1.29 is 9.90 Å². The van der Waals surface area contributed by atoms with Crippen LogP contribution in [0.3, 0.4) is 0 Å². The van der Waals surface area contributed by atoms with Crippen LogP contribution >= 0.6 is 0 Å². The molecule has 13 heavy (non-hydrogen) atoms. The molecule has 1 heterocycles. The van der Waals surface area contributed by atoms with Crippen LogP contribution in [0.2, 0.25) is 0 Å². The van der Waals surface area contributed by atoms with Crippen molar-refractivity contribution >= 4 is 11.7 Å². The molecule has 0 spiro atoms. The predicted octanol–water partition coefficient (Wildman–Crippen LogP) is 1.38. The van der Waals surface area contributed by atoms with Crippen LogP contribution in [0.25, 0.3) is 0 Å². The minimum atomic E-state index is -0.0850. The Morgan fingerprint density at radius 1 is 1.54 bits per heavy atom. The van der Waals surface area contributed by atoms with Gasteiger partial charge in [0.25, 0.3) is 0 Å². The summed E-state index contributed by atoms with van der Waals surface area (Å²) in [5, 5.41) is 11.5. The smallest absolute Gasteiger partial charge is 0.228 e. The maximum Gasteiger partial charge on any atom is 0.228 e. The first-order chi connectivity index (χ1) is 6.09. The Labute approximate surface area is 76.6 Å². The average Bonchev–Trinajstić information content (AvgIpc) is 2.08. The molecule has 0 unspecified atom stereocenters. The number of hydrogen-bond acceptors (Lipinski definition) is 3. The minimum absolute atomic E-state index is 0.0735. The van der Waals surface area contributed by atoms with E-state index < -0.39 is 0 Å². The highest BCUT2D eigenvalue weighted by molar-refractivity contribution is 5.91. The fourth-order valence-electron chi connectivity index (χ4n) is 0.731. The molecule has 1 rings (SSSR count). The van der Waals surface area contributed by atoms with Crippen molar-refractivity contribution in [3.05, 3.63) is 18.3 Å². The van der Waals surface area contributed by atoms with E-state index >= 15 is 0 Å². The first-order valence-electron chi connectivity index (χ1n) is 4.05. The number of hydrogen-bond donors (Lipinski definition) is 2. The first kappa shape index (κ1) is 9.51. The molecular weight excluding hydrogens is 168 g/mol. The summed E-state index contributed by atoms with van der Waals surface area (Å²) in [6, 6.07) is 3.03. The van der Waals surface area contributed by atoms with Crippen LogP contribution < -0.4 is 5.32 Å². The Kier molecular flexibility index (Phi) is 2.84. The number of aromatic nitrogens is 1. The maximum atomic E-state index is 11.2. The maximum absolute atomic E-state index is 11.2. The number of nitrogens with one attached hydrogen (secondary N) is 1. The van der Waals surface area contributed by atoms with Gasteiger partial charge >= 0.3 is 0 Å². The number of carbonyl (C=O) groups excluding carboxylic acids is 1. The summed E-state index contributed by atoms with van der Waals surface area (Å²) in [5.74, 6) is 0.382. The van der Waals surface area contributed by atoms with Crippen molar-refractivity contribution in [2.45, 2.75) is 13.8 Å². The van der Waals surface area contributed by atoms with Crippen molar-refractivity contribution in [1.29, 1.82) is 0 Å². The Balaban J connectivity index is 2.65. The fraction of sp³-hybridized carbons (Fsp3) is 0.333. The van der Waals surface area contributed by atoms with Gasteiger partial charge in [0.05, 0.1) is 6.20 Å². The number of anilines is 1. The second-order valence-corrected chi connectivity index (χ2v) is 3.05. The summed E-state index contributed by atoms with van der Waals surface area (Å²) in [4.78, 5) is 15.0. The molecule has 0 aliphatic rings. The van der Waals surface area contributed by atoms with E-state index in [0.29, 0.717) is 5.82 Å². The summed E-state index contributed by atoms with van der Waals surface area (Å²) in [7, 11) is 0. The van der Waals surface area contributed by atoms with Crippen molar-refractivity contribution in [3.63, 3.8) is 0 Å². The monoisotopic (exact) mass is 180 g/mol. The molecule has 0 aliphatic carbocycles. The summed E-state index contributed by atoms with van der Waals surface area (Å²) in [6.45, 7) is 3.60. The van der Waals surface area contributed by atoms with Crippen molar-refractivity contribution in [3.8, 4) is 5.75 Å². The summed E-state index contributed by atoms with van der Waals surface area (Å²) in [6.07, 6.45) is 1.29. The molecule has 0 bridgehead atoms. The summed E-state index contributed by atoms with van der Waals surface area (Å²) >= 11 is 0. The highest BCUT2D eigenvalue weighted by atomic mass is 16.3. The third-order valence-corrected chi connectivity index (χ3v) is 1.52. The van der Waals surface area contributed by atoms with Crippen LogP contribution in [0.1, 0.15) is 13.8 Å². The predicted molar refractivity (Wildman–Crippen MR) is 49.4 cm³/mol. The van der Waals surface area contributed by atoms with Gasteiger partial charge in [-0.2, -0.15) is 0 Å². The lowest BCUT2D eigenvalue weighted by Crippen LogP contribution is -2.18. The number of aromatic hydroxyl groups is 1. The lowest BCUT2D eigenvalue weighted by atomic mass is 10.2. The Bertz CT molecular complexity index is 293. The molecule has 0 atom stereocenters. The van der Waals surface area contributed by atoms with E-state index in [0.717, 1.165) is 0 Å². The number of carbonyl (C=O) groups is 1. The summed E-state index contributed by atoms with van der Waals surface area (Å²) in [5.41, 5.74) is 0. The molecule has 4 heteroatoms. The van der Waals surface area contributed by atoms with E-state index in [1.807, 2.05) is 0 Å². The molecule has 0 aromatic carbocycles. The average molecular weight is 180 g/mol. The van der Waals surface area contributed by atoms with E-state index in [-0.39, 0.29) is 17.6 Å². The first-order valence-corrected chi connectivity index (χ1v) is 4.05. The standard InChI is InChI=1S/C9H12N2O2/c1-6(2)9(13)11-8-4-3-7(12)5-10-8/h3-6,12H,1-2H3,(H,10,11,13). The lowest BCUT2D eigenvalue weighted by Gasteiger charge is -2.05. The largest absolute Gasteiger partial charge is 0.506 e. The molecule has 0 fully saturated rings. The van der Waals surface area contributed by atoms with Crippen LogP contribution in [0, 0.1) is 5.92 Å². The summed E-state index contributed by atoms with van der Waals surface area (Å²) < 4.78 is 0. The Hall–Kier alpha value is -1.58.